The summed E-state index contributed by atoms with van der Waals surface area (Å²) in [6, 6.07) is 12.9. The number of ether oxygens (including phenoxy) is 2. The summed E-state index contributed by atoms with van der Waals surface area (Å²) in [5.41, 5.74) is 0.667. The van der Waals surface area contributed by atoms with E-state index in [4.69, 9.17) is 9.47 Å². The highest BCUT2D eigenvalue weighted by Gasteiger charge is 2.35. The number of hydrogen-bond donors (Lipinski definition) is 0. The van der Waals surface area contributed by atoms with Crippen LogP contribution in [0.25, 0.3) is 6.08 Å². The Bertz CT molecular complexity index is 1100. The van der Waals surface area contributed by atoms with Crippen molar-refractivity contribution in [3.8, 4) is 5.75 Å². The van der Waals surface area contributed by atoms with Crippen LogP contribution in [0.1, 0.15) is 25.3 Å². The second kappa shape index (κ2) is 9.85. The largest absolute Gasteiger partial charge is 0.466 e. The summed E-state index contributed by atoms with van der Waals surface area (Å²) >= 11 is 0. The maximum absolute atomic E-state index is 14.2. The van der Waals surface area contributed by atoms with Gasteiger partial charge in [-0.1, -0.05) is 30.3 Å². The lowest BCUT2D eigenvalue weighted by atomic mass is 9.98. The number of benzene rings is 2. The van der Waals surface area contributed by atoms with Crippen molar-refractivity contribution in [3.63, 3.8) is 0 Å². The number of hydrogen-bond acceptors (Lipinski definition) is 5. The summed E-state index contributed by atoms with van der Waals surface area (Å²) < 4.78 is 25.0. The summed E-state index contributed by atoms with van der Waals surface area (Å²) in [5, 5.41) is 0. The Morgan fingerprint density at radius 3 is 2.73 bits per heavy atom. The van der Waals surface area contributed by atoms with Crippen LogP contribution in [0, 0.1) is 11.7 Å². The predicted molar refractivity (Wildman–Crippen MR) is 120 cm³/mol. The van der Waals surface area contributed by atoms with Gasteiger partial charge in [0.2, 0.25) is 5.91 Å². The van der Waals surface area contributed by atoms with Gasteiger partial charge in [0.25, 0.3) is 5.91 Å². The molecule has 0 spiro atoms. The van der Waals surface area contributed by atoms with Gasteiger partial charge < -0.3 is 14.4 Å². The Morgan fingerprint density at radius 2 is 1.94 bits per heavy atom. The number of carbonyl (C=O) groups excluding carboxylic acids is 3. The standard InChI is InChI=1S/C25H25FN2O5/c1-2-32-25(31)18-9-7-13-27(15-18)23(29)16-28-20-11-5-6-12-21(20)33-22(24(28)30)14-17-8-3-4-10-19(17)26/h3-6,8,10-12,14,18H,2,7,9,13,15-16H2,1H3/b22-14-. The Morgan fingerprint density at radius 1 is 1.18 bits per heavy atom. The molecule has 7 nitrogen and oxygen atoms in total. The number of likely N-dealkylation sites (tertiary alicyclic amines) is 1. The molecule has 0 bridgehead atoms. The number of piperidine rings is 1. The summed E-state index contributed by atoms with van der Waals surface area (Å²) in [4.78, 5) is 41.4. The molecule has 2 aromatic rings. The molecule has 0 aromatic heterocycles. The van der Waals surface area contributed by atoms with Crippen LogP contribution in [0.3, 0.4) is 0 Å². The molecule has 0 aliphatic carbocycles. The van der Waals surface area contributed by atoms with Crippen LogP contribution in [0.2, 0.25) is 0 Å². The third kappa shape index (κ3) is 4.89. The second-order valence-corrected chi connectivity index (χ2v) is 7.92. The zero-order chi connectivity index (χ0) is 23.4. The Kier molecular flexibility index (Phi) is 6.72. The summed E-state index contributed by atoms with van der Waals surface area (Å²) in [7, 11) is 0. The lowest BCUT2D eigenvalue weighted by Crippen LogP contribution is -2.49. The minimum absolute atomic E-state index is 0.0744. The minimum atomic E-state index is -0.538. The van der Waals surface area contributed by atoms with Gasteiger partial charge in [-0.15, -0.1) is 0 Å². The highest BCUT2D eigenvalue weighted by Crippen LogP contribution is 2.35. The molecule has 2 aromatic carbocycles. The van der Waals surface area contributed by atoms with Crippen molar-refractivity contribution in [2.24, 2.45) is 5.92 Å². The maximum atomic E-state index is 14.2. The van der Waals surface area contributed by atoms with Gasteiger partial charge in [0, 0.05) is 18.7 Å². The fourth-order valence-electron chi connectivity index (χ4n) is 4.04. The number of nitrogens with zero attached hydrogens (tertiary/aromatic N) is 2. The highest BCUT2D eigenvalue weighted by atomic mass is 19.1. The number of anilines is 1. The van der Waals surface area contributed by atoms with Crippen molar-refractivity contribution >= 4 is 29.5 Å². The van der Waals surface area contributed by atoms with Crippen LogP contribution in [-0.4, -0.2) is 48.9 Å². The molecule has 2 amide bonds. The van der Waals surface area contributed by atoms with Gasteiger partial charge in [0.15, 0.2) is 11.5 Å². The van der Waals surface area contributed by atoms with Crippen LogP contribution >= 0.6 is 0 Å². The monoisotopic (exact) mass is 452 g/mol. The number of amides is 2. The van der Waals surface area contributed by atoms with Gasteiger partial charge in [-0.2, -0.15) is 0 Å². The molecule has 8 heteroatoms. The Labute approximate surface area is 191 Å². The molecule has 2 heterocycles. The van der Waals surface area contributed by atoms with E-state index in [0.717, 1.165) is 0 Å². The molecule has 172 valence electrons. The summed E-state index contributed by atoms with van der Waals surface area (Å²) in [5.74, 6) is -1.65. The Hall–Kier alpha value is -3.68. The third-order valence-corrected chi connectivity index (χ3v) is 5.71. The number of para-hydroxylation sites is 2. The molecule has 1 atom stereocenters. The van der Waals surface area contributed by atoms with Crippen LogP contribution in [0.15, 0.2) is 54.3 Å². The first-order valence-electron chi connectivity index (χ1n) is 11.0. The van der Waals surface area contributed by atoms with Crippen molar-refractivity contribution in [1.29, 1.82) is 0 Å². The third-order valence-electron chi connectivity index (χ3n) is 5.71. The number of fused-ring (bicyclic) bond motifs is 1. The summed E-state index contributed by atoms with van der Waals surface area (Å²) in [6.07, 6.45) is 2.68. The van der Waals surface area contributed by atoms with Crippen LogP contribution in [-0.2, 0) is 19.1 Å². The number of carbonyl (C=O) groups is 3. The van der Waals surface area contributed by atoms with E-state index in [-0.39, 0.29) is 42.2 Å². The molecule has 1 fully saturated rings. The van der Waals surface area contributed by atoms with Crippen LogP contribution in [0.4, 0.5) is 10.1 Å². The molecule has 2 aliphatic rings. The summed E-state index contributed by atoms with van der Waals surface area (Å²) in [6.45, 7) is 2.59. The lowest BCUT2D eigenvalue weighted by Gasteiger charge is -2.35. The molecule has 4 rings (SSSR count). The SMILES string of the molecule is CCOC(=O)C1CCCN(C(=O)CN2C(=O)/C(=C/c3ccccc3F)Oc3ccccc32)C1. The minimum Gasteiger partial charge on any atom is -0.466 e. The average Bonchev–Trinajstić information content (AvgIpc) is 2.83. The van der Waals surface area contributed by atoms with Crippen molar-refractivity contribution in [3.05, 3.63) is 65.7 Å². The number of esters is 1. The van der Waals surface area contributed by atoms with Crippen molar-refractivity contribution in [2.75, 3.05) is 31.1 Å². The first-order valence-corrected chi connectivity index (χ1v) is 11.0. The molecular weight excluding hydrogens is 427 g/mol. The quantitative estimate of drug-likeness (QED) is 0.514. The lowest BCUT2D eigenvalue weighted by molar-refractivity contribution is -0.151. The molecular formula is C25H25FN2O5. The van der Waals surface area contributed by atoms with E-state index >= 15 is 0 Å². The molecule has 2 aliphatic heterocycles. The van der Waals surface area contributed by atoms with E-state index in [0.29, 0.717) is 37.4 Å². The van der Waals surface area contributed by atoms with Gasteiger partial charge in [0.1, 0.15) is 12.4 Å². The number of rotatable bonds is 5. The second-order valence-electron chi connectivity index (χ2n) is 7.92. The van der Waals surface area contributed by atoms with E-state index < -0.39 is 11.7 Å². The zero-order valence-electron chi connectivity index (χ0n) is 18.3. The normalized spacial score (nSPS) is 19.2. The van der Waals surface area contributed by atoms with Crippen LogP contribution in [0.5, 0.6) is 5.75 Å². The van der Waals surface area contributed by atoms with Gasteiger partial charge in [-0.3, -0.25) is 19.3 Å². The Balaban J connectivity index is 1.57. The van der Waals surface area contributed by atoms with Crippen LogP contribution < -0.4 is 9.64 Å². The van der Waals surface area contributed by atoms with E-state index in [1.54, 1.807) is 48.2 Å². The maximum Gasteiger partial charge on any atom is 0.310 e. The van der Waals surface area contributed by atoms with Crippen molar-refractivity contribution < 1.29 is 28.2 Å². The molecule has 1 saturated heterocycles. The van der Waals surface area contributed by atoms with Gasteiger partial charge in [-0.05, 0) is 44.0 Å². The average molecular weight is 452 g/mol. The van der Waals surface area contributed by atoms with Gasteiger partial charge in [-0.25, -0.2) is 4.39 Å². The molecule has 0 radical (unpaired) electrons. The van der Waals surface area contributed by atoms with Crippen molar-refractivity contribution in [1.82, 2.24) is 4.90 Å². The smallest absolute Gasteiger partial charge is 0.310 e. The molecule has 0 saturated carbocycles. The first kappa shape index (κ1) is 22.5. The van der Waals surface area contributed by atoms with E-state index in [2.05, 4.69) is 0 Å². The fraction of sp³-hybridized carbons (Fsp3) is 0.320. The first-order chi connectivity index (χ1) is 16.0. The van der Waals surface area contributed by atoms with Gasteiger partial charge in [0.05, 0.1) is 18.2 Å². The van der Waals surface area contributed by atoms with E-state index in [1.165, 1.54) is 23.1 Å². The molecule has 1 unspecified atom stereocenters. The number of halogens is 1. The van der Waals surface area contributed by atoms with E-state index in [9.17, 15) is 18.8 Å². The van der Waals surface area contributed by atoms with Gasteiger partial charge >= 0.3 is 5.97 Å². The highest BCUT2D eigenvalue weighted by molar-refractivity contribution is 6.12. The molecule has 0 N–H and O–H groups in total. The van der Waals surface area contributed by atoms with Crippen molar-refractivity contribution in [2.45, 2.75) is 19.8 Å². The predicted octanol–water partition coefficient (Wildman–Crippen LogP) is 3.39. The fourth-order valence-corrected chi connectivity index (χ4v) is 4.04. The van der Waals surface area contributed by atoms with E-state index in [1.807, 2.05) is 0 Å². The zero-order valence-corrected chi connectivity index (χ0v) is 18.3. The molecule has 33 heavy (non-hydrogen) atoms. The topological polar surface area (TPSA) is 76.2 Å².